The molecule has 1 saturated heterocycles. The van der Waals surface area contributed by atoms with Gasteiger partial charge in [0, 0.05) is 38.9 Å². The van der Waals surface area contributed by atoms with E-state index in [-0.39, 0.29) is 30.1 Å². The van der Waals surface area contributed by atoms with Crippen molar-refractivity contribution in [2.75, 3.05) is 26.7 Å². The topological polar surface area (TPSA) is 54.7 Å². The number of fused-ring (bicyclic) bond motifs is 1. The zero-order chi connectivity index (χ0) is 18.6. The summed E-state index contributed by atoms with van der Waals surface area (Å²) in [5.41, 5.74) is 2.35. The minimum absolute atomic E-state index is 0. The quantitative estimate of drug-likeness (QED) is 0.347. The van der Waals surface area contributed by atoms with Crippen LogP contribution >= 0.6 is 24.0 Å². The monoisotopic (exact) mass is 491 g/mol. The summed E-state index contributed by atoms with van der Waals surface area (Å²) in [6, 6.07) is 15.0. The summed E-state index contributed by atoms with van der Waals surface area (Å²) < 4.78 is 7.75. The van der Waals surface area contributed by atoms with Gasteiger partial charge < -0.3 is 15.0 Å². The maximum atomic E-state index is 5.94. The second kappa shape index (κ2) is 9.38. The van der Waals surface area contributed by atoms with E-state index in [0.717, 1.165) is 31.2 Å². The lowest BCUT2D eigenvalue weighted by Crippen LogP contribution is -2.47. The van der Waals surface area contributed by atoms with Crippen LogP contribution in [0.25, 0.3) is 10.8 Å². The van der Waals surface area contributed by atoms with E-state index in [9.17, 15) is 0 Å². The van der Waals surface area contributed by atoms with E-state index in [1.54, 1.807) is 0 Å². The third kappa shape index (κ3) is 4.64. The third-order valence-electron chi connectivity index (χ3n) is 4.94. The highest BCUT2D eigenvalue weighted by atomic mass is 127. The Kier molecular flexibility index (Phi) is 6.90. The van der Waals surface area contributed by atoms with E-state index in [1.807, 2.05) is 31.2 Å². The number of rotatable bonds is 3. The lowest BCUT2D eigenvalue weighted by Gasteiger charge is -2.34. The van der Waals surface area contributed by atoms with E-state index >= 15 is 0 Å². The summed E-state index contributed by atoms with van der Waals surface area (Å²) in [5.74, 6) is 0.903. The highest BCUT2D eigenvalue weighted by Gasteiger charge is 2.25. The lowest BCUT2D eigenvalue weighted by molar-refractivity contribution is -0.00805. The molecule has 0 aliphatic carbocycles. The van der Waals surface area contributed by atoms with Gasteiger partial charge in [-0.05, 0) is 22.4 Å². The molecule has 1 aliphatic rings. The van der Waals surface area contributed by atoms with Gasteiger partial charge in [0.25, 0.3) is 0 Å². The van der Waals surface area contributed by atoms with Crippen molar-refractivity contribution in [3.8, 4) is 0 Å². The van der Waals surface area contributed by atoms with Crippen LogP contribution in [0.2, 0.25) is 0 Å². The fraction of sp³-hybridized carbons (Fsp3) is 0.333. The van der Waals surface area contributed by atoms with Crippen molar-refractivity contribution in [2.45, 2.75) is 12.6 Å². The largest absolute Gasteiger partial charge is 0.370 e. The summed E-state index contributed by atoms with van der Waals surface area (Å²) >= 11 is 0. The molecule has 6 nitrogen and oxygen atoms in total. The average molecular weight is 491 g/mol. The molecule has 4 rings (SSSR count). The summed E-state index contributed by atoms with van der Waals surface area (Å²) in [5, 5.41) is 10.3. The van der Waals surface area contributed by atoms with Crippen LogP contribution in [-0.4, -0.2) is 47.4 Å². The summed E-state index contributed by atoms with van der Waals surface area (Å²) in [6.45, 7) is 3.01. The van der Waals surface area contributed by atoms with E-state index < -0.39 is 0 Å². The van der Waals surface area contributed by atoms with Crippen LogP contribution in [0.15, 0.2) is 59.9 Å². The molecule has 1 atom stereocenters. The predicted molar refractivity (Wildman–Crippen MR) is 123 cm³/mol. The Hall–Kier alpha value is -2.13. The van der Waals surface area contributed by atoms with Gasteiger partial charge in [-0.3, -0.25) is 9.67 Å². The first-order valence-electron chi connectivity index (χ1n) is 9.26. The molecule has 0 saturated carbocycles. The predicted octanol–water partition coefficient (Wildman–Crippen LogP) is 3.34. The number of hydrogen-bond donors (Lipinski definition) is 1. The number of aryl methyl sites for hydroxylation is 1. The van der Waals surface area contributed by atoms with Crippen LogP contribution in [0, 0.1) is 0 Å². The number of hydrogen-bond acceptors (Lipinski definition) is 3. The van der Waals surface area contributed by atoms with Gasteiger partial charge >= 0.3 is 0 Å². The zero-order valence-corrected chi connectivity index (χ0v) is 18.5. The normalized spacial score (nSPS) is 17.4. The molecule has 28 heavy (non-hydrogen) atoms. The maximum absolute atomic E-state index is 5.94. The van der Waals surface area contributed by atoms with Crippen LogP contribution in [-0.2, 0) is 18.3 Å². The van der Waals surface area contributed by atoms with Gasteiger partial charge in [0.05, 0.1) is 19.3 Å². The van der Waals surface area contributed by atoms with Crippen molar-refractivity contribution in [3.05, 3.63) is 66.0 Å². The third-order valence-corrected chi connectivity index (χ3v) is 4.94. The van der Waals surface area contributed by atoms with Crippen LogP contribution < -0.4 is 5.32 Å². The molecule has 0 bridgehead atoms. The minimum Gasteiger partial charge on any atom is -0.370 e. The smallest absolute Gasteiger partial charge is 0.194 e. The second-order valence-electron chi connectivity index (χ2n) is 6.84. The van der Waals surface area contributed by atoms with Crippen molar-refractivity contribution < 1.29 is 4.74 Å². The molecule has 2 aromatic carbocycles. The molecule has 3 aromatic rings. The Morgan fingerprint density at radius 1 is 1.25 bits per heavy atom. The highest BCUT2D eigenvalue weighted by molar-refractivity contribution is 14.0. The number of morpholine rings is 1. The fourth-order valence-electron chi connectivity index (χ4n) is 3.51. The summed E-state index contributed by atoms with van der Waals surface area (Å²) in [6.07, 6.45) is 3.91. The van der Waals surface area contributed by atoms with Gasteiger partial charge in [-0.25, -0.2) is 0 Å². The van der Waals surface area contributed by atoms with Crippen molar-refractivity contribution in [1.29, 1.82) is 0 Å². The fourth-order valence-corrected chi connectivity index (χ4v) is 3.51. The zero-order valence-electron chi connectivity index (χ0n) is 16.2. The van der Waals surface area contributed by atoms with E-state index in [0.29, 0.717) is 6.61 Å². The lowest BCUT2D eigenvalue weighted by atomic mass is 10.1. The van der Waals surface area contributed by atoms with Gasteiger partial charge in [-0.15, -0.1) is 24.0 Å². The molecule has 1 fully saturated rings. The molecule has 1 aliphatic heterocycles. The number of nitrogens with zero attached hydrogens (tertiary/aromatic N) is 4. The first kappa shape index (κ1) is 20.6. The Labute approximate surface area is 182 Å². The standard InChI is InChI=1S/C21H25N5O.HI/c1-22-21(23-12-16-7-8-17-5-3-4-6-18(17)11-16)26-9-10-27-20(15-26)19-13-24-25(2)14-19;/h3-8,11,13-14,20H,9-10,12,15H2,1-2H3,(H,22,23);1H. The average Bonchev–Trinajstić information content (AvgIpc) is 3.15. The van der Waals surface area contributed by atoms with Gasteiger partial charge in [0.15, 0.2) is 5.96 Å². The Morgan fingerprint density at radius 3 is 2.82 bits per heavy atom. The molecular formula is C21H26IN5O. The second-order valence-corrected chi connectivity index (χ2v) is 6.84. The number of guanidine groups is 1. The summed E-state index contributed by atoms with van der Waals surface area (Å²) in [4.78, 5) is 6.73. The molecule has 2 heterocycles. The molecule has 148 valence electrons. The number of ether oxygens (including phenoxy) is 1. The molecule has 0 amide bonds. The van der Waals surface area contributed by atoms with Crippen molar-refractivity contribution in [3.63, 3.8) is 0 Å². The minimum atomic E-state index is 0. The van der Waals surface area contributed by atoms with Gasteiger partial charge in [-0.1, -0.05) is 36.4 Å². The molecule has 1 N–H and O–H groups in total. The van der Waals surface area contributed by atoms with Crippen molar-refractivity contribution in [2.24, 2.45) is 12.0 Å². The Balaban J connectivity index is 0.00000225. The molecule has 7 heteroatoms. The van der Waals surface area contributed by atoms with Gasteiger partial charge in [0.2, 0.25) is 0 Å². The number of aromatic nitrogens is 2. The Bertz CT molecular complexity index is 955. The number of aliphatic imine (C=N–C) groups is 1. The van der Waals surface area contributed by atoms with Crippen LogP contribution in [0.4, 0.5) is 0 Å². The molecular weight excluding hydrogens is 465 g/mol. The molecule has 1 unspecified atom stereocenters. The van der Waals surface area contributed by atoms with Crippen LogP contribution in [0.5, 0.6) is 0 Å². The number of halogens is 1. The van der Waals surface area contributed by atoms with Crippen LogP contribution in [0.3, 0.4) is 0 Å². The van der Waals surface area contributed by atoms with E-state index in [2.05, 4.69) is 62.8 Å². The van der Waals surface area contributed by atoms with Crippen molar-refractivity contribution >= 4 is 40.7 Å². The van der Waals surface area contributed by atoms with Gasteiger partial charge in [-0.2, -0.15) is 5.10 Å². The van der Waals surface area contributed by atoms with E-state index in [4.69, 9.17) is 4.74 Å². The SMILES string of the molecule is CN=C(NCc1ccc2ccccc2c1)N1CCOC(c2cnn(C)c2)C1.I. The Morgan fingerprint density at radius 2 is 2.07 bits per heavy atom. The van der Waals surface area contributed by atoms with Crippen molar-refractivity contribution in [1.82, 2.24) is 20.0 Å². The molecule has 1 aromatic heterocycles. The van der Waals surface area contributed by atoms with E-state index in [1.165, 1.54) is 16.3 Å². The number of nitrogens with one attached hydrogen (secondary N) is 1. The molecule has 0 radical (unpaired) electrons. The van der Waals surface area contributed by atoms with Crippen LogP contribution in [0.1, 0.15) is 17.2 Å². The number of benzene rings is 2. The first-order chi connectivity index (χ1) is 13.2. The highest BCUT2D eigenvalue weighted by Crippen LogP contribution is 2.22. The summed E-state index contributed by atoms with van der Waals surface area (Å²) in [7, 11) is 3.76. The van der Waals surface area contributed by atoms with Gasteiger partial charge in [0.1, 0.15) is 6.10 Å². The first-order valence-corrected chi connectivity index (χ1v) is 9.26. The maximum Gasteiger partial charge on any atom is 0.194 e. The molecule has 0 spiro atoms.